The van der Waals surface area contributed by atoms with Gasteiger partial charge in [0.2, 0.25) is 0 Å². The van der Waals surface area contributed by atoms with Crippen molar-refractivity contribution in [1.82, 2.24) is 0 Å². The molecule has 0 atom stereocenters. The minimum Gasteiger partial charge on any atom is -0.491 e. The van der Waals surface area contributed by atoms with Crippen molar-refractivity contribution in [3.8, 4) is 28.4 Å². The predicted molar refractivity (Wildman–Crippen MR) is 126 cm³/mol. The molecule has 0 radical (unpaired) electrons. The third-order valence-corrected chi connectivity index (χ3v) is 6.66. The molecule has 1 saturated carbocycles. The molecule has 4 nitrogen and oxygen atoms in total. The van der Waals surface area contributed by atoms with Crippen LogP contribution in [0.5, 0.6) is 17.2 Å². The van der Waals surface area contributed by atoms with Crippen LogP contribution in [-0.4, -0.2) is 23.9 Å². The Balaban J connectivity index is 1.36. The zero-order valence-corrected chi connectivity index (χ0v) is 19.0. The van der Waals surface area contributed by atoms with Gasteiger partial charge in [-0.25, -0.2) is 0 Å². The van der Waals surface area contributed by atoms with E-state index in [2.05, 4.69) is 51.1 Å². The lowest BCUT2D eigenvalue weighted by atomic mass is 9.90. The Morgan fingerprint density at radius 2 is 1.72 bits per heavy atom. The summed E-state index contributed by atoms with van der Waals surface area (Å²) in [6, 6.07) is 16.7. The van der Waals surface area contributed by atoms with Crippen LogP contribution < -0.4 is 14.2 Å². The molecule has 3 aromatic carbocycles. The molecule has 0 aromatic heterocycles. The van der Waals surface area contributed by atoms with Crippen molar-refractivity contribution >= 4 is 0 Å². The van der Waals surface area contributed by atoms with E-state index >= 15 is 0 Å². The highest BCUT2D eigenvalue weighted by Crippen LogP contribution is 2.50. The molecule has 1 spiro atoms. The molecule has 0 unspecified atom stereocenters. The molecular weight excluding hydrogens is 400 g/mol. The van der Waals surface area contributed by atoms with Crippen LogP contribution in [0.15, 0.2) is 48.5 Å². The molecule has 5 rings (SSSR count). The van der Waals surface area contributed by atoms with Crippen molar-refractivity contribution in [1.29, 1.82) is 0 Å². The Bertz CT molecular complexity index is 1140. The minimum atomic E-state index is 0.0121. The van der Waals surface area contributed by atoms with Crippen LogP contribution in [0.25, 0.3) is 11.1 Å². The fraction of sp³-hybridized carbons (Fsp3) is 0.357. The van der Waals surface area contributed by atoms with Crippen LogP contribution in [0.3, 0.4) is 0 Å². The quantitative estimate of drug-likeness (QED) is 0.523. The average Bonchev–Trinajstić information content (AvgIpc) is 3.41. The first kappa shape index (κ1) is 20.9. The van der Waals surface area contributed by atoms with E-state index < -0.39 is 0 Å². The van der Waals surface area contributed by atoms with Gasteiger partial charge >= 0.3 is 0 Å². The molecule has 0 saturated heterocycles. The lowest BCUT2D eigenvalue weighted by Crippen LogP contribution is -2.12. The molecule has 166 valence electrons. The Kier molecular flexibility index (Phi) is 5.34. The molecule has 1 aliphatic heterocycles. The Labute approximate surface area is 189 Å². The lowest BCUT2D eigenvalue weighted by Gasteiger charge is -2.18. The molecule has 1 aliphatic carbocycles. The Morgan fingerprint density at radius 3 is 2.44 bits per heavy atom. The summed E-state index contributed by atoms with van der Waals surface area (Å²) in [6.07, 6.45) is 3.36. The molecule has 1 N–H and O–H groups in total. The van der Waals surface area contributed by atoms with Crippen LogP contribution in [-0.2, 0) is 13.0 Å². The number of aliphatic hydroxyl groups excluding tert-OH is 1. The van der Waals surface area contributed by atoms with Crippen LogP contribution in [0.2, 0.25) is 0 Å². The van der Waals surface area contributed by atoms with Gasteiger partial charge in [0.05, 0.1) is 6.61 Å². The zero-order valence-electron chi connectivity index (χ0n) is 19.0. The topological polar surface area (TPSA) is 47.9 Å². The predicted octanol–water partition coefficient (Wildman–Crippen LogP) is 5.70. The normalized spacial score (nSPS) is 15.4. The van der Waals surface area contributed by atoms with Crippen molar-refractivity contribution in [2.75, 3.05) is 13.2 Å². The van der Waals surface area contributed by atoms with E-state index in [1.165, 1.54) is 27.8 Å². The van der Waals surface area contributed by atoms with Crippen LogP contribution in [0.4, 0.5) is 0 Å². The second kappa shape index (κ2) is 8.18. The van der Waals surface area contributed by atoms with Crippen LogP contribution in [0.1, 0.15) is 40.7 Å². The lowest BCUT2D eigenvalue weighted by molar-refractivity contribution is 0.201. The zero-order chi connectivity index (χ0) is 22.3. The van der Waals surface area contributed by atoms with Crippen LogP contribution in [0, 0.1) is 20.8 Å². The maximum Gasteiger partial charge on any atom is 0.127 e. The number of benzene rings is 3. The Hall–Kier alpha value is -2.98. The van der Waals surface area contributed by atoms with Crippen molar-refractivity contribution < 1.29 is 19.3 Å². The van der Waals surface area contributed by atoms with E-state index in [1.807, 2.05) is 18.2 Å². The summed E-state index contributed by atoms with van der Waals surface area (Å²) in [6.45, 7) is 7.20. The highest BCUT2D eigenvalue weighted by atomic mass is 16.5. The van der Waals surface area contributed by atoms with Gasteiger partial charge in [0.15, 0.2) is 0 Å². The van der Waals surface area contributed by atoms with Crippen molar-refractivity contribution in [3.63, 3.8) is 0 Å². The second-order valence-electron chi connectivity index (χ2n) is 9.11. The first-order valence-electron chi connectivity index (χ1n) is 11.4. The van der Waals surface area contributed by atoms with E-state index in [-0.39, 0.29) is 12.2 Å². The summed E-state index contributed by atoms with van der Waals surface area (Å²) in [4.78, 5) is 0. The molecule has 1 heterocycles. The van der Waals surface area contributed by atoms with Gasteiger partial charge in [0.1, 0.15) is 36.1 Å². The first-order valence-corrected chi connectivity index (χ1v) is 11.4. The van der Waals surface area contributed by atoms with Gasteiger partial charge in [-0.3, -0.25) is 0 Å². The van der Waals surface area contributed by atoms with Crippen molar-refractivity contribution in [2.24, 2.45) is 0 Å². The highest BCUT2D eigenvalue weighted by molar-refractivity contribution is 5.75. The van der Waals surface area contributed by atoms with Crippen LogP contribution >= 0.6 is 0 Å². The third kappa shape index (κ3) is 3.95. The van der Waals surface area contributed by atoms with Gasteiger partial charge in [-0.15, -0.1) is 0 Å². The molecule has 2 aliphatic rings. The number of hydrogen-bond donors (Lipinski definition) is 1. The van der Waals surface area contributed by atoms with E-state index in [4.69, 9.17) is 19.3 Å². The van der Waals surface area contributed by atoms with Crippen molar-refractivity contribution in [2.45, 2.75) is 52.2 Å². The molecule has 4 heteroatoms. The average molecular weight is 431 g/mol. The third-order valence-electron chi connectivity index (χ3n) is 6.66. The minimum absolute atomic E-state index is 0.0121. The van der Waals surface area contributed by atoms with Gasteiger partial charge < -0.3 is 19.3 Å². The number of aryl methyl sites for hydroxylation is 2. The molecule has 3 aromatic rings. The van der Waals surface area contributed by atoms with Gasteiger partial charge in [-0.05, 0) is 90.8 Å². The maximum atomic E-state index is 9.03. The number of rotatable bonds is 7. The smallest absolute Gasteiger partial charge is 0.127 e. The fourth-order valence-electron chi connectivity index (χ4n) is 4.77. The molecule has 1 fully saturated rings. The SMILES string of the molecule is Cc1cc(OCCO)cc(C)c1-c1cccc(COc2ccc3c(c2)OC2(CC2)C3)c1C. The van der Waals surface area contributed by atoms with Gasteiger partial charge in [0.25, 0.3) is 0 Å². The number of aliphatic hydroxyl groups is 1. The molecular formula is C28H30O4. The van der Waals surface area contributed by atoms with Crippen molar-refractivity contribution in [3.05, 3.63) is 76.3 Å². The number of ether oxygens (including phenoxy) is 3. The fourth-order valence-corrected chi connectivity index (χ4v) is 4.77. The first-order chi connectivity index (χ1) is 15.5. The summed E-state index contributed by atoms with van der Waals surface area (Å²) in [5.74, 6) is 2.63. The van der Waals surface area contributed by atoms with E-state index in [0.717, 1.165) is 47.6 Å². The summed E-state index contributed by atoms with van der Waals surface area (Å²) in [5, 5.41) is 9.03. The van der Waals surface area contributed by atoms with Gasteiger partial charge in [0, 0.05) is 12.5 Å². The maximum absolute atomic E-state index is 9.03. The number of hydrogen-bond acceptors (Lipinski definition) is 4. The monoisotopic (exact) mass is 430 g/mol. The molecule has 0 amide bonds. The summed E-state index contributed by atoms with van der Waals surface area (Å²) >= 11 is 0. The number of fused-ring (bicyclic) bond motifs is 1. The molecule has 32 heavy (non-hydrogen) atoms. The summed E-state index contributed by atoms with van der Waals surface area (Å²) in [5.41, 5.74) is 8.53. The molecule has 0 bridgehead atoms. The standard InChI is InChI=1S/C28H30O4/c1-18-13-24(30-12-11-29)14-19(2)27(18)25-6-4-5-22(20(25)3)17-31-23-8-7-21-16-28(9-10-28)32-26(21)15-23/h4-8,13-15,29H,9-12,16-17H2,1-3H3. The largest absolute Gasteiger partial charge is 0.491 e. The van der Waals surface area contributed by atoms with E-state index in [1.54, 1.807) is 0 Å². The second-order valence-corrected chi connectivity index (χ2v) is 9.11. The highest BCUT2D eigenvalue weighted by Gasteiger charge is 2.49. The van der Waals surface area contributed by atoms with E-state index in [0.29, 0.717) is 13.2 Å². The van der Waals surface area contributed by atoms with Gasteiger partial charge in [-0.1, -0.05) is 24.3 Å². The summed E-state index contributed by atoms with van der Waals surface area (Å²) in [7, 11) is 0. The van der Waals surface area contributed by atoms with E-state index in [9.17, 15) is 0 Å². The van der Waals surface area contributed by atoms with Gasteiger partial charge in [-0.2, -0.15) is 0 Å². The Morgan fingerprint density at radius 1 is 0.938 bits per heavy atom. The summed E-state index contributed by atoms with van der Waals surface area (Å²) < 4.78 is 18.0.